The van der Waals surface area contributed by atoms with Gasteiger partial charge < -0.3 is 39.9 Å². The van der Waals surface area contributed by atoms with Crippen molar-refractivity contribution < 1.29 is 28.5 Å². The van der Waals surface area contributed by atoms with Crippen LogP contribution in [0.25, 0.3) is 22.0 Å². The van der Waals surface area contributed by atoms with E-state index in [1.165, 1.54) is 20.1 Å². The quantitative estimate of drug-likeness (QED) is 0.190. The van der Waals surface area contributed by atoms with Crippen molar-refractivity contribution in [2.75, 3.05) is 40.3 Å². The second-order valence-corrected chi connectivity index (χ2v) is 11.2. The monoisotopic (exact) mass is 628 g/mol. The Hall–Kier alpha value is -5.19. The minimum absolute atomic E-state index is 0.210. The van der Waals surface area contributed by atoms with E-state index in [2.05, 4.69) is 20.9 Å². The zero-order chi connectivity index (χ0) is 33.0. The molecule has 0 aliphatic heterocycles. The molecule has 0 unspecified atom stereocenters. The summed E-state index contributed by atoms with van der Waals surface area (Å²) >= 11 is 0. The minimum Gasteiger partial charge on any atom is -0.497 e. The Kier molecular flexibility index (Phi) is 9.69. The van der Waals surface area contributed by atoms with Gasteiger partial charge in [-0.25, -0.2) is 0 Å². The molecular weight excluding hydrogens is 588 g/mol. The highest BCUT2D eigenvalue weighted by Gasteiger charge is 2.29. The molecule has 11 nitrogen and oxygen atoms in total. The largest absolute Gasteiger partial charge is 0.497 e. The molecule has 46 heavy (non-hydrogen) atoms. The van der Waals surface area contributed by atoms with Crippen molar-refractivity contribution in [3.8, 4) is 34.1 Å². The molecule has 0 saturated carbocycles. The SMILES string of the molecule is COc1ccc2[nH]cc(CCNC(=O)[C@H](C)Nc3ccc4c(cc3=O)[C@@H](NC(C)=O)CCc3cc(OC)c(OC)c(OC)c3-4)c2c1. The first-order chi connectivity index (χ1) is 22.2. The Morgan fingerprint density at radius 2 is 1.76 bits per heavy atom. The van der Waals surface area contributed by atoms with E-state index >= 15 is 0 Å². The van der Waals surface area contributed by atoms with Crippen LogP contribution in [0.2, 0.25) is 0 Å². The first-order valence-electron chi connectivity index (χ1n) is 15.1. The molecule has 11 heteroatoms. The molecule has 0 bridgehead atoms. The van der Waals surface area contributed by atoms with Crippen molar-refractivity contribution in [2.24, 2.45) is 0 Å². The van der Waals surface area contributed by atoms with E-state index < -0.39 is 12.1 Å². The fraction of sp³-hybridized carbons (Fsp3) is 0.343. The number of methoxy groups -OCH3 is 4. The molecule has 1 aliphatic carbocycles. The highest BCUT2D eigenvalue weighted by molar-refractivity contribution is 5.87. The summed E-state index contributed by atoms with van der Waals surface area (Å²) in [4.78, 5) is 42.2. The number of ether oxygens (including phenoxy) is 4. The number of benzene rings is 2. The lowest BCUT2D eigenvalue weighted by Crippen LogP contribution is -2.39. The molecule has 242 valence electrons. The van der Waals surface area contributed by atoms with E-state index in [4.69, 9.17) is 18.9 Å². The number of aryl methyl sites for hydroxylation is 1. The Balaban J connectivity index is 1.42. The Labute approximate surface area is 267 Å². The van der Waals surface area contributed by atoms with Gasteiger partial charge in [-0.15, -0.1) is 0 Å². The van der Waals surface area contributed by atoms with Gasteiger partial charge in [0.2, 0.25) is 23.0 Å². The second kappa shape index (κ2) is 13.8. The average Bonchev–Trinajstić information content (AvgIpc) is 3.31. The molecule has 0 saturated heterocycles. The summed E-state index contributed by atoms with van der Waals surface area (Å²) in [6.45, 7) is 3.57. The second-order valence-electron chi connectivity index (χ2n) is 11.2. The number of rotatable bonds is 11. The van der Waals surface area contributed by atoms with Crippen LogP contribution in [-0.4, -0.2) is 57.8 Å². The van der Waals surface area contributed by atoms with E-state index in [1.54, 1.807) is 34.3 Å². The van der Waals surface area contributed by atoms with Crippen LogP contribution in [0.3, 0.4) is 0 Å². The van der Waals surface area contributed by atoms with Gasteiger partial charge in [0, 0.05) is 36.1 Å². The van der Waals surface area contributed by atoms with Gasteiger partial charge in [0.05, 0.1) is 40.2 Å². The Bertz CT molecular complexity index is 1830. The molecule has 1 heterocycles. The molecule has 4 N–H and O–H groups in total. The van der Waals surface area contributed by atoms with Gasteiger partial charge in [0.1, 0.15) is 11.8 Å². The van der Waals surface area contributed by atoms with Gasteiger partial charge in [-0.3, -0.25) is 14.4 Å². The number of H-pyrrole nitrogens is 1. The first-order valence-corrected chi connectivity index (χ1v) is 15.1. The minimum atomic E-state index is -0.699. The third-order valence-electron chi connectivity index (χ3n) is 8.35. The molecule has 2 atom stereocenters. The maximum atomic E-state index is 13.6. The smallest absolute Gasteiger partial charge is 0.242 e. The fourth-order valence-electron chi connectivity index (χ4n) is 6.09. The molecular formula is C35H40N4O7. The molecule has 0 fully saturated rings. The van der Waals surface area contributed by atoms with E-state index in [9.17, 15) is 14.4 Å². The van der Waals surface area contributed by atoms with Crippen LogP contribution in [-0.2, 0) is 22.4 Å². The number of carbonyl (C=O) groups is 2. The fourth-order valence-corrected chi connectivity index (χ4v) is 6.09. The van der Waals surface area contributed by atoms with Crippen molar-refractivity contribution in [3.05, 3.63) is 75.6 Å². The van der Waals surface area contributed by atoms with E-state index in [0.717, 1.165) is 33.3 Å². The lowest BCUT2D eigenvalue weighted by Gasteiger charge is -2.19. The number of amides is 2. The van der Waals surface area contributed by atoms with E-state index in [1.807, 2.05) is 36.5 Å². The number of aromatic amines is 1. The molecule has 2 amide bonds. The van der Waals surface area contributed by atoms with Crippen molar-refractivity contribution >= 4 is 28.4 Å². The van der Waals surface area contributed by atoms with Crippen LogP contribution < -0.4 is 40.3 Å². The number of carbonyl (C=O) groups excluding carboxylic acids is 2. The molecule has 1 aromatic heterocycles. The Morgan fingerprint density at radius 3 is 2.46 bits per heavy atom. The van der Waals surface area contributed by atoms with Crippen LogP contribution in [0, 0.1) is 0 Å². The number of hydrogen-bond donors (Lipinski definition) is 4. The first kappa shape index (κ1) is 32.2. The van der Waals surface area contributed by atoms with Crippen LogP contribution in [0.1, 0.15) is 43.0 Å². The molecule has 0 radical (unpaired) electrons. The zero-order valence-corrected chi connectivity index (χ0v) is 27.0. The van der Waals surface area contributed by atoms with Crippen molar-refractivity contribution in [2.45, 2.75) is 45.2 Å². The van der Waals surface area contributed by atoms with Crippen LogP contribution in [0.5, 0.6) is 23.0 Å². The summed E-state index contributed by atoms with van der Waals surface area (Å²) in [6.07, 6.45) is 3.69. The van der Waals surface area contributed by atoms with Gasteiger partial charge in [-0.05, 0) is 84.8 Å². The van der Waals surface area contributed by atoms with Crippen LogP contribution >= 0.6 is 0 Å². The average molecular weight is 629 g/mol. The normalized spacial score (nSPS) is 14.3. The van der Waals surface area contributed by atoms with Crippen molar-refractivity contribution in [1.29, 1.82) is 0 Å². The Morgan fingerprint density at radius 1 is 0.978 bits per heavy atom. The lowest BCUT2D eigenvalue weighted by atomic mass is 9.95. The maximum Gasteiger partial charge on any atom is 0.242 e. The van der Waals surface area contributed by atoms with E-state index in [0.29, 0.717) is 54.2 Å². The highest BCUT2D eigenvalue weighted by Crippen LogP contribution is 2.50. The van der Waals surface area contributed by atoms with E-state index in [-0.39, 0.29) is 22.9 Å². The van der Waals surface area contributed by atoms with Gasteiger partial charge in [0.15, 0.2) is 11.5 Å². The number of aromatic nitrogens is 1. The summed E-state index contributed by atoms with van der Waals surface area (Å²) in [6, 6.07) is 11.6. The van der Waals surface area contributed by atoms with Crippen molar-refractivity contribution in [3.63, 3.8) is 0 Å². The molecule has 3 aromatic carbocycles. The molecule has 4 aromatic rings. The number of anilines is 1. The highest BCUT2D eigenvalue weighted by atomic mass is 16.5. The molecule has 0 spiro atoms. The van der Waals surface area contributed by atoms with Gasteiger partial charge in [-0.1, -0.05) is 6.07 Å². The third kappa shape index (κ3) is 6.44. The summed E-state index contributed by atoms with van der Waals surface area (Å²) in [5.74, 6) is 1.73. The van der Waals surface area contributed by atoms with Gasteiger partial charge in [-0.2, -0.15) is 0 Å². The predicted molar refractivity (Wildman–Crippen MR) is 177 cm³/mol. The topological polar surface area (TPSA) is 140 Å². The number of hydrogen-bond acceptors (Lipinski definition) is 8. The van der Waals surface area contributed by atoms with Crippen LogP contribution in [0.15, 0.2) is 53.5 Å². The number of fused-ring (bicyclic) bond motifs is 4. The third-order valence-corrected chi connectivity index (χ3v) is 8.35. The summed E-state index contributed by atoms with van der Waals surface area (Å²) in [5.41, 5.74) is 5.03. The van der Waals surface area contributed by atoms with Crippen LogP contribution in [0.4, 0.5) is 5.69 Å². The number of nitrogens with one attached hydrogen (secondary N) is 4. The maximum absolute atomic E-state index is 13.6. The summed E-state index contributed by atoms with van der Waals surface area (Å²) in [5, 5.41) is 10.1. The van der Waals surface area contributed by atoms with Crippen molar-refractivity contribution in [1.82, 2.24) is 15.6 Å². The zero-order valence-electron chi connectivity index (χ0n) is 27.0. The van der Waals surface area contributed by atoms with Gasteiger partial charge >= 0.3 is 0 Å². The predicted octanol–water partition coefficient (Wildman–Crippen LogP) is 4.51. The van der Waals surface area contributed by atoms with Gasteiger partial charge in [0.25, 0.3) is 0 Å². The molecule has 1 aliphatic rings. The molecule has 5 rings (SSSR count). The summed E-state index contributed by atoms with van der Waals surface area (Å²) < 4.78 is 22.4. The summed E-state index contributed by atoms with van der Waals surface area (Å²) in [7, 11) is 6.28. The lowest BCUT2D eigenvalue weighted by molar-refractivity contribution is -0.121. The standard InChI is InChI=1S/C35H40N4O7/c1-19(35(42)36-14-13-22-18-37-27-11-8-23(43-3)16-25(22)27)38-29-12-9-24-26(17-30(29)41)28(39-20(2)40)10-7-21-15-31(44-4)33(45-5)34(46-6)32(21)24/h8-9,11-12,15-19,28,37H,7,10,13-14H2,1-6H3,(H,36,42)(H,38,41)(H,39,40)/t19-,28-/m0/s1.